The van der Waals surface area contributed by atoms with Gasteiger partial charge >= 0.3 is 34.1 Å². The van der Waals surface area contributed by atoms with Gasteiger partial charge in [-0.15, -0.1) is 0 Å². The van der Waals surface area contributed by atoms with Gasteiger partial charge in [-0.05, 0) is 0 Å². The van der Waals surface area contributed by atoms with Crippen molar-refractivity contribution in [2.24, 2.45) is 0 Å². The fourth-order valence-electron chi connectivity index (χ4n) is 0. The van der Waals surface area contributed by atoms with E-state index in [1.165, 1.54) is 0 Å². The van der Waals surface area contributed by atoms with E-state index in [0.29, 0.717) is 0 Å². The molecule has 0 rings (SSSR count). The Labute approximate surface area is 51.9 Å². The van der Waals surface area contributed by atoms with Gasteiger partial charge in [0.2, 0.25) is 0 Å². The van der Waals surface area contributed by atoms with Gasteiger partial charge < -0.3 is 0 Å². The van der Waals surface area contributed by atoms with Crippen LogP contribution in [0.2, 0.25) is 0 Å². The zero-order chi connectivity index (χ0) is 4.50. The normalized spacial score (nSPS) is 9.67. The van der Waals surface area contributed by atoms with Crippen LogP contribution in [0.15, 0.2) is 0 Å². The minimum atomic E-state index is -4.67. The van der Waals surface area contributed by atoms with E-state index < -0.39 is 10.4 Å². The minimum absolute atomic E-state index is 0. The topological polar surface area (TPSA) is 74.6 Å². The first-order valence-corrected chi connectivity index (χ1v) is 2.10. The average molecular weight is 227 g/mol. The molecule has 0 aromatic carbocycles. The van der Waals surface area contributed by atoms with E-state index in [1.54, 1.807) is 0 Å². The Morgan fingerprint density at radius 2 is 1.17 bits per heavy atom. The monoisotopic (exact) mass is 229 g/mol. The van der Waals surface area contributed by atoms with Crippen molar-refractivity contribution in [1.29, 1.82) is 0 Å². The molecule has 0 aromatic rings. The molecule has 1 radical (unpaired) electrons. The molecule has 0 spiro atoms. The van der Waals surface area contributed by atoms with E-state index in [-0.39, 0.29) is 23.7 Å². The van der Waals surface area contributed by atoms with E-state index in [2.05, 4.69) is 0 Å². The van der Waals surface area contributed by atoms with Crippen molar-refractivity contribution in [1.82, 2.24) is 0 Å². The SMILES string of the molecule is O=S(=O)(O)O.[TeH]. The van der Waals surface area contributed by atoms with Crippen LogP contribution in [0.25, 0.3) is 0 Å². The van der Waals surface area contributed by atoms with E-state index in [9.17, 15) is 0 Å². The summed E-state index contributed by atoms with van der Waals surface area (Å²) in [5, 5.41) is 0. The molecule has 0 bridgehead atoms. The third kappa shape index (κ3) is 143. The average Bonchev–Trinajstić information content (AvgIpc) is 0.722. The summed E-state index contributed by atoms with van der Waals surface area (Å²) < 4.78 is 31.6. The molecule has 6 heavy (non-hydrogen) atoms. The van der Waals surface area contributed by atoms with Crippen LogP contribution in [0.5, 0.6) is 0 Å². The molecule has 0 aromatic heterocycles. The summed E-state index contributed by atoms with van der Waals surface area (Å²) in [4.78, 5) is 0. The Morgan fingerprint density at radius 3 is 1.17 bits per heavy atom. The number of hydrogen-bond acceptors (Lipinski definition) is 2. The summed E-state index contributed by atoms with van der Waals surface area (Å²) in [5.41, 5.74) is 0. The van der Waals surface area contributed by atoms with Crippen LogP contribution in [0.4, 0.5) is 0 Å². The van der Waals surface area contributed by atoms with Gasteiger partial charge in [-0.1, -0.05) is 0 Å². The van der Waals surface area contributed by atoms with Gasteiger partial charge in [-0.3, -0.25) is 9.11 Å². The maximum absolute atomic E-state index is 8.74. The van der Waals surface area contributed by atoms with Gasteiger partial charge in [0.1, 0.15) is 0 Å². The van der Waals surface area contributed by atoms with Crippen LogP contribution in [0.1, 0.15) is 0 Å². The van der Waals surface area contributed by atoms with Crippen LogP contribution in [0, 0.1) is 0 Å². The molecular weight excluding hydrogens is 224 g/mol. The molecule has 0 amide bonds. The molecule has 2 N–H and O–H groups in total. The van der Waals surface area contributed by atoms with Crippen molar-refractivity contribution in [3.8, 4) is 0 Å². The molecule has 0 aliphatic carbocycles. The second-order valence-corrected chi connectivity index (χ2v) is 1.34. The summed E-state index contributed by atoms with van der Waals surface area (Å²) in [6.07, 6.45) is 0. The Kier molecular flexibility index (Phi) is 4.54. The molecule has 0 fully saturated rings. The molecular formula is H3O4STe. The summed E-state index contributed by atoms with van der Waals surface area (Å²) >= 11 is 0. The van der Waals surface area contributed by atoms with Crippen LogP contribution in [0.3, 0.4) is 0 Å². The summed E-state index contributed by atoms with van der Waals surface area (Å²) in [5.74, 6) is 0. The summed E-state index contributed by atoms with van der Waals surface area (Å²) in [6, 6.07) is 0. The third-order valence-corrected chi connectivity index (χ3v) is 0. The van der Waals surface area contributed by atoms with E-state index in [0.717, 1.165) is 0 Å². The zero-order valence-corrected chi connectivity index (χ0v) is 5.94. The van der Waals surface area contributed by atoms with Crippen LogP contribution in [-0.2, 0) is 10.4 Å². The predicted molar refractivity (Wildman–Crippen MR) is 21.3 cm³/mol. The van der Waals surface area contributed by atoms with Gasteiger partial charge in [0.05, 0.1) is 0 Å². The van der Waals surface area contributed by atoms with E-state index >= 15 is 0 Å². The zero-order valence-electron chi connectivity index (χ0n) is 2.57. The first-order valence-electron chi connectivity index (χ1n) is 0.698. The first-order chi connectivity index (χ1) is 2.00. The quantitative estimate of drug-likeness (QED) is 0.398. The number of rotatable bonds is 0. The van der Waals surface area contributed by atoms with Crippen LogP contribution >= 0.6 is 0 Å². The third-order valence-electron chi connectivity index (χ3n) is 0. The van der Waals surface area contributed by atoms with Crippen molar-refractivity contribution in [2.75, 3.05) is 0 Å². The Balaban J connectivity index is 0. The molecule has 0 saturated heterocycles. The van der Waals surface area contributed by atoms with Gasteiger partial charge in [-0.25, -0.2) is 0 Å². The molecule has 0 unspecified atom stereocenters. The Morgan fingerprint density at radius 1 is 1.17 bits per heavy atom. The number of hydrogen-bond donors (Lipinski definition) is 2. The fraction of sp³-hybridized carbons (Fsp3) is 0. The fourth-order valence-corrected chi connectivity index (χ4v) is 0. The second-order valence-electron chi connectivity index (χ2n) is 0.448. The first kappa shape index (κ1) is 9.82. The summed E-state index contributed by atoms with van der Waals surface area (Å²) in [7, 11) is -4.67. The molecule has 4 nitrogen and oxygen atoms in total. The summed E-state index contributed by atoms with van der Waals surface area (Å²) in [6.45, 7) is 0. The van der Waals surface area contributed by atoms with Crippen LogP contribution < -0.4 is 0 Å². The molecule has 0 saturated carbocycles. The predicted octanol–water partition coefficient (Wildman–Crippen LogP) is -1.30. The molecule has 0 aliphatic rings. The molecule has 0 atom stereocenters. The Hall–Kier alpha value is 0.660. The molecule has 6 heteroatoms. The van der Waals surface area contributed by atoms with Gasteiger partial charge in [0, 0.05) is 0 Å². The molecule has 0 heterocycles. The van der Waals surface area contributed by atoms with Gasteiger partial charge in [0.25, 0.3) is 0 Å². The maximum atomic E-state index is 8.74. The second kappa shape index (κ2) is 2.77. The van der Waals surface area contributed by atoms with Crippen molar-refractivity contribution < 1.29 is 17.5 Å². The standard InChI is InChI=1S/H2O4S.HTe/c1-5(2,3)4;/h(H2,1,2,3,4);1H. The van der Waals surface area contributed by atoms with Crippen LogP contribution in [-0.4, -0.2) is 41.2 Å². The van der Waals surface area contributed by atoms with Crippen molar-refractivity contribution >= 4 is 34.1 Å². The van der Waals surface area contributed by atoms with Gasteiger partial charge in [0.15, 0.2) is 0 Å². The van der Waals surface area contributed by atoms with E-state index in [1.807, 2.05) is 0 Å². The molecule has 0 aliphatic heterocycles. The van der Waals surface area contributed by atoms with Crippen molar-refractivity contribution in [2.45, 2.75) is 0 Å². The van der Waals surface area contributed by atoms with Crippen molar-refractivity contribution in [3.63, 3.8) is 0 Å². The van der Waals surface area contributed by atoms with Gasteiger partial charge in [-0.2, -0.15) is 8.42 Å². The van der Waals surface area contributed by atoms with Crippen molar-refractivity contribution in [3.05, 3.63) is 0 Å². The van der Waals surface area contributed by atoms with E-state index in [4.69, 9.17) is 17.5 Å². The Bertz CT molecular complexity index is 90.7. The molecule has 39 valence electrons.